The summed E-state index contributed by atoms with van der Waals surface area (Å²) in [5, 5.41) is 1.57. The maximum Gasteiger partial charge on any atom is 0.306 e. The van der Waals surface area contributed by atoms with Crippen LogP contribution >= 0.6 is 35.0 Å². The first-order valence-corrected chi connectivity index (χ1v) is 6.95. The van der Waals surface area contributed by atoms with Crippen LogP contribution in [0.2, 0.25) is 10.0 Å². The molecule has 1 aromatic rings. The minimum absolute atomic E-state index is 0.192. The van der Waals surface area contributed by atoms with Crippen LogP contribution in [-0.4, -0.2) is 18.3 Å². The normalized spacial score (nSPS) is 12.2. The predicted molar refractivity (Wildman–Crippen MR) is 73.9 cm³/mol. The van der Waals surface area contributed by atoms with Gasteiger partial charge in [-0.05, 0) is 23.8 Å². The van der Waals surface area contributed by atoms with Crippen molar-refractivity contribution in [3.8, 4) is 0 Å². The van der Waals surface area contributed by atoms with E-state index in [0.29, 0.717) is 16.5 Å². The molecule has 0 amide bonds. The van der Waals surface area contributed by atoms with Crippen molar-refractivity contribution in [2.24, 2.45) is 0 Å². The van der Waals surface area contributed by atoms with E-state index in [1.165, 1.54) is 7.11 Å². The molecule has 0 aliphatic heterocycles. The lowest BCUT2D eigenvalue weighted by Gasteiger charge is -2.10. The molecular formula is C12H14Cl2O2S. The third-order valence-corrected chi connectivity index (χ3v) is 4.03. The van der Waals surface area contributed by atoms with E-state index < -0.39 is 0 Å². The van der Waals surface area contributed by atoms with Crippen molar-refractivity contribution < 1.29 is 9.53 Å². The Labute approximate surface area is 116 Å². The number of ether oxygens (including phenoxy) is 1. The number of benzene rings is 1. The van der Waals surface area contributed by atoms with E-state index in [1.54, 1.807) is 23.9 Å². The predicted octanol–water partition coefficient (Wildman–Crippen LogP) is 4.18. The highest BCUT2D eigenvalue weighted by atomic mass is 35.5. The van der Waals surface area contributed by atoms with Gasteiger partial charge in [-0.1, -0.05) is 30.1 Å². The van der Waals surface area contributed by atoms with Crippen molar-refractivity contribution in [2.45, 2.75) is 24.3 Å². The summed E-state index contributed by atoms with van der Waals surface area (Å²) in [5.41, 5.74) is 0.987. The molecule has 1 atom stereocenters. The summed E-state index contributed by atoms with van der Waals surface area (Å²) in [6.07, 6.45) is 0.402. The summed E-state index contributed by atoms with van der Waals surface area (Å²) in [6.45, 7) is 1.99. The Kier molecular flexibility index (Phi) is 6.17. The first kappa shape index (κ1) is 14.7. The first-order chi connectivity index (χ1) is 8.02. The molecule has 1 rings (SSSR count). The molecule has 0 saturated heterocycles. The lowest BCUT2D eigenvalue weighted by molar-refractivity contribution is -0.140. The number of halogens is 2. The van der Waals surface area contributed by atoms with Crippen LogP contribution in [0.3, 0.4) is 0 Å². The molecule has 0 saturated carbocycles. The highest BCUT2D eigenvalue weighted by Gasteiger charge is 2.11. The van der Waals surface area contributed by atoms with Crippen LogP contribution in [0.25, 0.3) is 0 Å². The molecule has 2 nitrogen and oxygen atoms in total. The van der Waals surface area contributed by atoms with Crippen molar-refractivity contribution in [2.75, 3.05) is 7.11 Å². The Morgan fingerprint density at radius 1 is 1.47 bits per heavy atom. The minimum atomic E-state index is -0.192. The largest absolute Gasteiger partial charge is 0.469 e. The highest BCUT2D eigenvalue weighted by molar-refractivity contribution is 7.99. The summed E-state index contributed by atoms with van der Waals surface area (Å²) in [4.78, 5) is 11.1. The average molecular weight is 293 g/mol. The second-order valence-corrected chi connectivity index (χ2v) is 5.91. The zero-order valence-corrected chi connectivity index (χ0v) is 12.0. The van der Waals surface area contributed by atoms with E-state index in [0.717, 1.165) is 11.3 Å². The molecule has 17 heavy (non-hydrogen) atoms. The molecule has 0 fully saturated rings. The quantitative estimate of drug-likeness (QED) is 0.762. The molecule has 0 radical (unpaired) electrons. The van der Waals surface area contributed by atoms with Gasteiger partial charge in [0.15, 0.2) is 0 Å². The van der Waals surface area contributed by atoms with E-state index in [9.17, 15) is 4.79 Å². The molecular weight excluding hydrogens is 279 g/mol. The van der Waals surface area contributed by atoms with Gasteiger partial charge in [0.25, 0.3) is 0 Å². The zero-order valence-electron chi connectivity index (χ0n) is 9.70. The molecule has 94 valence electrons. The number of carbonyl (C=O) groups excluding carboxylic acids is 1. The van der Waals surface area contributed by atoms with Crippen LogP contribution in [0.5, 0.6) is 0 Å². The van der Waals surface area contributed by atoms with Crippen LogP contribution in [0.1, 0.15) is 18.9 Å². The van der Waals surface area contributed by atoms with Crippen LogP contribution in [0.15, 0.2) is 18.2 Å². The van der Waals surface area contributed by atoms with Crippen molar-refractivity contribution in [1.29, 1.82) is 0 Å². The van der Waals surface area contributed by atoms with E-state index in [-0.39, 0.29) is 11.2 Å². The highest BCUT2D eigenvalue weighted by Crippen LogP contribution is 2.27. The van der Waals surface area contributed by atoms with Crippen LogP contribution in [0.4, 0.5) is 0 Å². The maximum atomic E-state index is 11.1. The van der Waals surface area contributed by atoms with E-state index in [2.05, 4.69) is 4.74 Å². The van der Waals surface area contributed by atoms with Gasteiger partial charge in [-0.15, -0.1) is 0 Å². The summed E-state index contributed by atoms with van der Waals surface area (Å²) < 4.78 is 4.62. The number of methoxy groups -OCH3 is 1. The van der Waals surface area contributed by atoms with E-state index >= 15 is 0 Å². The van der Waals surface area contributed by atoms with Gasteiger partial charge in [0, 0.05) is 21.0 Å². The number of esters is 1. The molecule has 0 aliphatic rings. The van der Waals surface area contributed by atoms with Gasteiger partial charge in [-0.3, -0.25) is 4.79 Å². The fourth-order valence-electron chi connectivity index (χ4n) is 1.26. The van der Waals surface area contributed by atoms with Crippen LogP contribution in [-0.2, 0) is 15.3 Å². The number of rotatable bonds is 5. The molecule has 1 unspecified atom stereocenters. The van der Waals surface area contributed by atoms with Gasteiger partial charge in [-0.2, -0.15) is 11.8 Å². The SMILES string of the molecule is COC(=O)CC(C)SCc1cc(Cl)ccc1Cl. The third-order valence-electron chi connectivity index (χ3n) is 2.21. The lowest BCUT2D eigenvalue weighted by Crippen LogP contribution is -2.08. The number of hydrogen-bond acceptors (Lipinski definition) is 3. The fourth-order valence-corrected chi connectivity index (χ4v) is 2.68. The fraction of sp³-hybridized carbons (Fsp3) is 0.417. The molecule has 5 heteroatoms. The Bertz CT molecular complexity index is 396. The molecule has 1 aromatic carbocycles. The Morgan fingerprint density at radius 3 is 2.82 bits per heavy atom. The minimum Gasteiger partial charge on any atom is -0.469 e. The smallest absolute Gasteiger partial charge is 0.306 e. The van der Waals surface area contributed by atoms with Crippen molar-refractivity contribution in [1.82, 2.24) is 0 Å². The summed E-state index contributed by atoms with van der Waals surface area (Å²) in [6, 6.07) is 5.39. The lowest BCUT2D eigenvalue weighted by atomic mass is 10.2. The van der Waals surface area contributed by atoms with Gasteiger partial charge >= 0.3 is 5.97 Å². The maximum absolute atomic E-state index is 11.1. The standard InChI is InChI=1S/C12H14Cl2O2S/c1-8(5-12(15)16-2)17-7-9-6-10(13)3-4-11(9)14/h3-4,6,8H,5,7H2,1-2H3. The molecule has 0 aromatic heterocycles. The Hall–Kier alpha value is -0.380. The topological polar surface area (TPSA) is 26.3 Å². The monoisotopic (exact) mass is 292 g/mol. The van der Waals surface area contributed by atoms with E-state index in [1.807, 2.05) is 13.0 Å². The average Bonchev–Trinajstić information content (AvgIpc) is 2.30. The number of thioether (sulfide) groups is 1. The summed E-state index contributed by atoms with van der Waals surface area (Å²) in [7, 11) is 1.40. The summed E-state index contributed by atoms with van der Waals surface area (Å²) >= 11 is 13.6. The summed E-state index contributed by atoms with van der Waals surface area (Å²) in [5.74, 6) is 0.541. The van der Waals surface area contributed by atoms with Crippen molar-refractivity contribution in [3.63, 3.8) is 0 Å². The molecule has 0 heterocycles. The van der Waals surface area contributed by atoms with Gasteiger partial charge in [0.2, 0.25) is 0 Å². The molecule has 0 N–H and O–H groups in total. The second kappa shape index (κ2) is 7.14. The second-order valence-electron chi connectivity index (χ2n) is 3.64. The van der Waals surface area contributed by atoms with Crippen LogP contribution in [0, 0.1) is 0 Å². The van der Waals surface area contributed by atoms with Crippen LogP contribution < -0.4 is 0 Å². The van der Waals surface area contributed by atoms with E-state index in [4.69, 9.17) is 23.2 Å². The first-order valence-electron chi connectivity index (χ1n) is 5.15. The molecule has 0 aliphatic carbocycles. The molecule has 0 spiro atoms. The van der Waals surface area contributed by atoms with Gasteiger partial charge in [0.05, 0.1) is 13.5 Å². The van der Waals surface area contributed by atoms with Gasteiger partial charge in [0.1, 0.15) is 0 Å². The molecule has 0 bridgehead atoms. The Morgan fingerprint density at radius 2 is 2.18 bits per heavy atom. The van der Waals surface area contributed by atoms with Gasteiger partial charge in [-0.25, -0.2) is 0 Å². The number of carbonyl (C=O) groups is 1. The van der Waals surface area contributed by atoms with Crippen molar-refractivity contribution >= 4 is 40.9 Å². The zero-order chi connectivity index (χ0) is 12.8. The third kappa shape index (κ3) is 5.19. The Balaban J connectivity index is 2.49. The number of hydrogen-bond donors (Lipinski definition) is 0. The van der Waals surface area contributed by atoms with Gasteiger partial charge < -0.3 is 4.74 Å². The van der Waals surface area contributed by atoms with Crippen molar-refractivity contribution in [3.05, 3.63) is 33.8 Å².